The summed E-state index contributed by atoms with van der Waals surface area (Å²) in [5.41, 5.74) is 0. The monoisotopic (exact) mass is 377 g/mol. The van der Waals surface area contributed by atoms with Crippen LogP contribution < -0.4 is 5.32 Å². The maximum Gasteiger partial charge on any atom is 0.217 e. The van der Waals surface area contributed by atoms with Gasteiger partial charge < -0.3 is 5.32 Å². The highest BCUT2D eigenvalue weighted by atomic mass is 35.5. The molecule has 0 saturated heterocycles. The van der Waals surface area contributed by atoms with Crippen molar-refractivity contribution in [1.82, 2.24) is 5.32 Å². The Morgan fingerprint density at radius 2 is 1.42 bits per heavy atom. The molecular weight excluding hydrogens is 342 g/mol. The van der Waals surface area contributed by atoms with Crippen LogP contribution in [-0.2, 0) is 9.59 Å². The van der Waals surface area contributed by atoms with E-state index in [1.807, 2.05) is 0 Å². The molecule has 3 nitrogen and oxygen atoms in total. The number of nitrogens with one attached hydrogen (secondary N) is 1. The van der Waals surface area contributed by atoms with Gasteiger partial charge in [-0.2, -0.15) is 11.8 Å². The molecule has 0 heterocycles. The van der Waals surface area contributed by atoms with Crippen LogP contribution in [0.4, 0.5) is 0 Å². The van der Waals surface area contributed by atoms with Gasteiger partial charge in [0.15, 0.2) is 5.78 Å². The Hall–Kier alpha value is -0.220. The van der Waals surface area contributed by atoms with E-state index in [0.29, 0.717) is 5.75 Å². The van der Waals surface area contributed by atoms with Gasteiger partial charge in [0.1, 0.15) is 0 Å². The van der Waals surface area contributed by atoms with E-state index in [1.54, 1.807) is 11.8 Å². The molecular formula is C19H36ClNO2S. The molecule has 0 aliphatic carbocycles. The SMILES string of the molecule is CCCCCCCCCCCCCSCC(NC(C)=O)C(=O)CCl. The van der Waals surface area contributed by atoms with Crippen molar-refractivity contribution in [3.63, 3.8) is 0 Å². The number of ketones is 1. The Kier molecular flexibility index (Phi) is 17.4. The highest BCUT2D eigenvalue weighted by molar-refractivity contribution is 7.99. The van der Waals surface area contributed by atoms with Crippen molar-refractivity contribution in [2.75, 3.05) is 17.4 Å². The number of halogens is 1. The minimum atomic E-state index is -0.433. The fraction of sp³-hybridized carbons (Fsp3) is 0.895. The van der Waals surface area contributed by atoms with Gasteiger partial charge in [-0.1, -0.05) is 71.1 Å². The zero-order valence-electron chi connectivity index (χ0n) is 15.6. The highest BCUT2D eigenvalue weighted by Gasteiger charge is 2.17. The van der Waals surface area contributed by atoms with E-state index in [4.69, 9.17) is 11.6 Å². The number of carbonyl (C=O) groups excluding carboxylic acids is 2. The number of rotatable bonds is 17. The van der Waals surface area contributed by atoms with Crippen molar-refractivity contribution in [1.29, 1.82) is 0 Å². The van der Waals surface area contributed by atoms with Crippen LogP contribution in [0.15, 0.2) is 0 Å². The van der Waals surface area contributed by atoms with Crippen LogP contribution >= 0.6 is 23.4 Å². The van der Waals surface area contributed by atoms with Gasteiger partial charge in [-0.15, -0.1) is 11.6 Å². The summed E-state index contributed by atoms with van der Waals surface area (Å²) in [5, 5.41) is 2.68. The molecule has 5 heteroatoms. The zero-order chi connectivity index (χ0) is 18.0. The van der Waals surface area contributed by atoms with Crippen molar-refractivity contribution in [3.8, 4) is 0 Å². The fourth-order valence-electron chi connectivity index (χ4n) is 2.62. The maximum absolute atomic E-state index is 11.6. The minimum Gasteiger partial charge on any atom is -0.346 e. The summed E-state index contributed by atoms with van der Waals surface area (Å²) < 4.78 is 0. The third-order valence-corrected chi connectivity index (χ3v) is 5.48. The van der Waals surface area contributed by atoms with Crippen molar-refractivity contribution >= 4 is 35.1 Å². The van der Waals surface area contributed by atoms with Crippen LogP contribution in [0.25, 0.3) is 0 Å². The second-order valence-electron chi connectivity index (χ2n) is 6.46. The standard InChI is InChI=1S/C19H36ClNO2S/c1-3-4-5-6-7-8-9-10-11-12-13-14-24-16-18(19(23)15-20)21-17(2)22/h18H,3-16H2,1-2H3,(H,21,22). The normalized spacial score (nSPS) is 12.1. The van der Waals surface area contributed by atoms with Gasteiger partial charge in [0.05, 0.1) is 11.9 Å². The van der Waals surface area contributed by atoms with Crippen molar-refractivity contribution in [3.05, 3.63) is 0 Å². The summed E-state index contributed by atoms with van der Waals surface area (Å²) in [7, 11) is 0. The van der Waals surface area contributed by atoms with Gasteiger partial charge in [0.2, 0.25) is 5.91 Å². The first-order chi connectivity index (χ1) is 11.6. The van der Waals surface area contributed by atoms with E-state index in [9.17, 15) is 9.59 Å². The maximum atomic E-state index is 11.6. The average molecular weight is 378 g/mol. The molecule has 0 aromatic heterocycles. The molecule has 0 bridgehead atoms. The molecule has 142 valence electrons. The summed E-state index contributed by atoms with van der Waals surface area (Å²) >= 11 is 7.31. The van der Waals surface area contributed by atoms with E-state index < -0.39 is 6.04 Å². The Morgan fingerprint density at radius 1 is 0.917 bits per heavy atom. The minimum absolute atomic E-state index is 0.0377. The molecule has 0 aliphatic heterocycles. The molecule has 1 amide bonds. The van der Waals surface area contributed by atoms with Crippen LogP contribution in [0.2, 0.25) is 0 Å². The molecule has 0 radical (unpaired) electrons. The van der Waals surface area contributed by atoms with Gasteiger partial charge in [0.25, 0.3) is 0 Å². The highest BCUT2D eigenvalue weighted by Crippen LogP contribution is 2.13. The lowest BCUT2D eigenvalue weighted by molar-refractivity contribution is -0.124. The number of Topliss-reactive ketones (excluding diaryl/α,β-unsaturated/α-hetero) is 1. The Bertz CT molecular complexity index is 326. The third-order valence-electron chi connectivity index (χ3n) is 4.07. The molecule has 1 N–H and O–H groups in total. The number of carbonyl (C=O) groups is 2. The second kappa shape index (κ2) is 17.6. The Balaban J connectivity index is 3.42. The molecule has 0 aromatic carbocycles. The van der Waals surface area contributed by atoms with Gasteiger partial charge in [-0.3, -0.25) is 9.59 Å². The smallest absolute Gasteiger partial charge is 0.217 e. The summed E-state index contributed by atoms with van der Waals surface area (Å²) in [6.45, 7) is 3.69. The molecule has 0 spiro atoms. The lowest BCUT2D eigenvalue weighted by atomic mass is 10.1. The van der Waals surface area contributed by atoms with Crippen LogP contribution in [0.5, 0.6) is 0 Å². The van der Waals surface area contributed by atoms with E-state index in [-0.39, 0.29) is 17.6 Å². The molecule has 0 aromatic rings. The van der Waals surface area contributed by atoms with Crippen LogP contribution in [0.1, 0.15) is 84.5 Å². The molecule has 1 atom stereocenters. The molecule has 24 heavy (non-hydrogen) atoms. The summed E-state index contributed by atoms with van der Waals surface area (Å²) in [4.78, 5) is 22.7. The first-order valence-corrected chi connectivity index (χ1v) is 11.2. The number of alkyl halides is 1. The average Bonchev–Trinajstić information content (AvgIpc) is 2.56. The quantitative estimate of drug-likeness (QED) is 0.275. The largest absolute Gasteiger partial charge is 0.346 e. The molecule has 0 saturated carbocycles. The predicted molar refractivity (Wildman–Crippen MR) is 107 cm³/mol. The lowest BCUT2D eigenvalue weighted by Crippen LogP contribution is -2.42. The summed E-state index contributed by atoms with van der Waals surface area (Å²) in [6, 6.07) is -0.433. The van der Waals surface area contributed by atoms with Gasteiger partial charge in [0, 0.05) is 12.7 Å². The number of thioether (sulfide) groups is 1. The van der Waals surface area contributed by atoms with Gasteiger partial charge in [-0.25, -0.2) is 0 Å². The Labute approximate surface area is 158 Å². The van der Waals surface area contributed by atoms with E-state index in [1.165, 1.54) is 77.6 Å². The van der Waals surface area contributed by atoms with Gasteiger partial charge in [-0.05, 0) is 12.2 Å². The first kappa shape index (κ1) is 23.8. The Morgan fingerprint density at radius 3 is 1.88 bits per heavy atom. The molecule has 1 unspecified atom stereocenters. The first-order valence-electron chi connectivity index (χ1n) is 9.55. The van der Waals surface area contributed by atoms with E-state index in [2.05, 4.69) is 12.2 Å². The van der Waals surface area contributed by atoms with E-state index >= 15 is 0 Å². The molecule has 0 rings (SSSR count). The zero-order valence-corrected chi connectivity index (χ0v) is 17.2. The summed E-state index contributed by atoms with van der Waals surface area (Å²) in [5.74, 6) is 1.36. The molecule has 0 fully saturated rings. The second-order valence-corrected chi connectivity index (χ2v) is 7.88. The van der Waals surface area contributed by atoms with Gasteiger partial charge >= 0.3 is 0 Å². The topological polar surface area (TPSA) is 46.2 Å². The van der Waals surface area contributed by atoms with Crippen LogP contribution in [-0.4, -0.2) is 35.1 Å². The third kappa shape index (κ3) is 15.3. The fourth-order valence-corrected chi connectivity index (χ4v) is 3.89. The van der Waals surface area contributed by atoms with E-state index in [0.717, 1.165) is 5.75 Å². The van der Waals surface area contributed by atoms with Crippen LogP contribution in [0.3, 0.4) is 0 Å². The predicted octanol–water partition coefficient (Wildman–Crippen LogP) is 5.34. The van der Waals surface area contributed by atoms with Crippen molar-refractivity contribution in [2.45, 2.75) is 90.5 Å². The number of hydrogen-bond donors (Lipinski definition) is 1. The summed E-state index contributed by atoms with van der Waals surface area (Å²) in [6.07, 6.45) is 14.8. The number of amides is 1. The van der Waals surface area contributed by atoms with Crippen molar-refractivity contribution in [2.24, 2.45) is 0 Å². The number of unbranched alkanes of at least 4 members (excludes halogenated alkanes) is 10. The van der Waals surface area contributed by atoms with Crippen LogP contribution in [0, 0.1) is 0 Å². The van der Waals surface area contributed by atoms with Crippen molar-refractivity contribution < 1.29 is 9.59 Å². The lowest BCUT2D eigenvalue weighted by Gasteiger charge is -2.15. The molecule has 0 aliphatic rings. The number of hydrogen-bond acceptors (Lipinski definition) is 3.